The Kier molecular flexibility index (Phi) is 4.43. The molecule has 5 atom stereocenters. The molecule has 5 rings (SSSR count). The second-order valence-corrected chi connectivity index (χ2v) is 9.33. The topological polar surface area (TPSA) is 66.8 Å². The molecule has 0 saturated heterocycles. The molecule has 0 bridgehead atoms. The number of hydrogen-bond acceptors (Lipinski definition) is 4. The third-order valence-electron chi connectivity index (χ3n) is 7.93. The number of fused-ring (bicyclic) bond motifs is 5. The number of esters is 1. The SMILES string of the molecule is C[C@]12CC[C@@H]3c4c(cc(O)cc4OC(=O)c4ccccc4)CC[C@H]3[C@@H]1CC[C@H]2O. The molecule has 0 radical (unpaired) electrons. The second-order valence-electron chi connectivity index (χ2n) is 9.33. The zero-order valence-electron chi connectivity index (χ0n) is 16.8. The number of phenols is 1. The maximum Gasteiger partial charge on any atom is 0.343 e. The molecule has 2 aromatic rings. The van der Waals surface area contributed by atoms with Crippen molar-refractivity contribution in [1.29, 1.82) is 0 Å². The first-order valence-corrected chi connectivity index (χ1v) is 10.8. The van der Waals surface area contributed by atoms with Gasteiger partial charge in [-0.3, -0.25) is 0 Å². The molecular weight excluding hydrogens is 364 g/mol. The molecule has 2 saturated carbocycles. The molecular formula is C25H28O4. The summed E-state index contributed by atoms with van der Waals surface area (Å²) in [4.78, 5) is 12.7. The first-order chi connectivity index (χ1) is 14.0. The van der Waals surface area contributed by atoms with Crippen molar-refractivity contribution in [2.45, 2.75) is 57.5 Å². The first-order valence-electron chi connectivity index (χ1n) is 10.8. The van der Waals surface area contributed by atoms with Crippen molar-refractivity contribution < 1.29 is 19.7 Å². The average molecular weight is 392 g/mol. The van der Waals surface area contributed by atoms with Crippen LogP contribution in [0.4, 0.5) is 0 Å². The van der Waals surface area contributed by atoms with Gasteiger partial charge in [0.1, 0.15) is 11.5 Å². The van der Waals surface area contributed by atoms with E-state index in [1.54, 1.807) is 18.2 Å². The molecule has 0 aromatic heterocycles. The monoisotopic (exact) mass is 392 g/mol. The van der Waals surface area contributed by atoms with E-state index >= 15 is 0 Å². The zero-order chi connectivity index (χ0) is 20.2. The zero-order valence-corrected chi connectivity index (χ0v) is 16.8. The van der Waals surface area contributed by atoms with Crippen LogP contribution in [0.2, 0.25) is 0 Å². The van der Waals surface area contributed by atoms with Crippen molar-refractivity contribution in [3.63, 3.8) is 0 Å². The van der Waals surface area contributed by atoms with Crippen molar-refractivity contribution in [3.05, 3.63) is 59.2 Å². The maximum absolute atomic E-state index is 12.7. The van der Waals surface area contributed by atoms with E-state index in [1.807, 2.05) is 24.3 Å². The summed E-state index contributed by atoms with van der Waals surface area (Å²) in [7, 11) is 0. The van der Waals surface area contributed by atoms with E-state index in [4.69, 9.17) is 4.74 Å². The molecule has 0 unspecified atom stereocenters. The van der Waals surface area contributed by atoms with Gasteiger partial charge in [0.15, 0.2) is 0 Å². The highest BCUT2D eigenvalue weighted by Crippen LogP contribution is 2.62. The van der Waals surface area contributed by atoms with Gasteiger partial charge < -0.3 is 14.9 Å². The molecule has 2 aromatic carbocycles. The van der Waals surface area contributed by atoms with Gasteiger partial charge in [0.25, 0.3) is 0 Å². The Morgan fingerprint density at radius 3 is 2.69 bits per heavy atom. The average Bonchev–Trinajstić information content (AvgIpc) is 3.03. The summed E-state index contributed by atoms with van der Waals surface area (Å²) in [5.74, 6) is 1.59. The molecule has 0 amide bonds. The van der Waals surface area contributed by atoms with Crippen molar-refractivity contribution >= 4 is 5.97 Å². The molecule has 0 heterocycles. The highest BCUT2D eigenvalue weighted by molar-refractivity contribution is 5.91. The maximum atomic E-state index is 12.7. The van der Waals surface area contributed by atoms with Crippen molar-refractivity contribution in [2.24, 2.45) is 17.3 Å². The summed E-state index contributed by atoms with van der Waals surface area (Å²) >= 11 is 0. The van der Waals surface area contributed by atoms with Crippen molar-refractivity contribution in [1.82, 2.24) is 0 Å². The Morgan fingerprint density at radius 1 is 1.10 bits per heavy atom. The Morgan fingerprint density at radius 2 is 1.90 bits per heavy atom. The number of phenolic OH excluding ortho intramolecular Hbond substituents is 1. The molecule has 0 aliphatic heterocycles. The highest BCUT2D eigenvalue weighted by Gasteiger charge is 2.54. The van der Waals surface area contributed by atoms with Gasteiger partial charge in [0, 0.05) is 11.6 Å². The van der Waals surface area contributed by atoms with E-state index in [1.165, 1.54) is 0 Å². The predicted molar refractivity (Wildman–Crippen MR) is 110 cm³/mol. The van der Waals surface area contributed by atoms with Gasteiger partial charge >= 0.3 is 5.97 Å². The molecule has 4 nitrogen and oxygen atoms in total. The summed E-state index contributed by atoms with van der Waals surface area (Å²) in [6, 6.07) is 12.4. The van der Waals surface area contributed by atoms with Crippen LogP contribution in [0.3, 0.4) is 0 Å². The van der Waals surface area contributed by atoms with Crippen LogP contribution in [0.25, 0.3) is 0 Å². The van der Waals surface area contributed by atoms with Crippen LogP contribution in [0.1, 0.15) is 66.4 Å². The molecule has 2 fully saturated rings. The number of aliphatic hydroxyl groups is 1. The van der Waals surface area contributed by atoms with Crippen molar-refractivity contribution in [3.8, 4) is 11.5 Å². The number of ether oxygens (including phenoxy) is 1. The standard InChI is InChI=1S/C25H28O4/c1-25-12-11-19-18(20(25)9-10-22(25)27)8-7-16-13-17(26)14-21(23(16)19)29-24(28)15-5-3-2-4-6-15/h2-6,13-14,18-20,22,26-27H,7-12H2,1H3/t18-,19+,20+,22-,25+/m1/s1. The summed E-state index contributed by atoms with van der Waals surface area (Å²) < 4.78 is 5.84. The van der Waals surface area contributed by atoms with Gasteiger partial charge in [-0.1, -0.05) is 25.1 Å². The number of benzene rings is 2. The molecule has 2 N–H and O–H groups in total. The number of aromatic hydroxyl groups is 1. The number of aliphatic hydroxyl groups excluding tert-OH is 1. The minimum atomic E-state index is -0.391. The minimum absolute atomic E-state index is 0.0104. The summed E-state index contributed by atoms with van der Waals surface area (Å²) in [6.45, 7) is 2.26. The van der Waals surface area contributed by atoms with Crippen LogP contribution in [-0.4, -0.2) is 22.3 Å². The Labute approximate surface area is 171 Å². The lowest BCUT2D eigenvalue weighted by molar-refractivity contribution is -0.0229. The number of carbonyl (C=O) groups excluding carboxylic acids is 1. The van der Waals surface area contributed by atoms with E-state index in [2.05, 4.69) is 6.92 Å². The number of hydrogen-bond donors (Lipinski definition) is 2. The third-order valence-corrected chi connectivity index (χ3v) is 7.93. The molecule has 3 aliphatic rings. The Balaban J connectivity index is 1.51. The van der Waals surface area contributed by atoms with Crippen LogP contribution < -0.4 is 4.74 Å². The van der Waals surface area contributed by atoms with Crippen LogP contribution in [0.5, 0.6) is 11.5 Å². The van der Waals surface area contributed by atoms with Gasteiger partial charge in [-0.15, -0.1) is 0 Å². The summed E-state index contributed by atoms with van der Waals surface area (Å²) in [5.41, 5.74) is 2.72. The summed E-state index contributed by atoms with van der Waals surface area (Å²) in [6.07, 6.45) is 5.69. The normalized spacial score (nSPS) is 32.8. The molecule has 29 heavy (non-hydrogen) atoms. The lowest BCUT2D eigenvalue weighted by atomic mass is 9.55. The lowest BCUT2D eigenvalue weighted by Crippen LogP contribution is -2.44. The van der Waals surface area contributed by atoms with Crippen LogP contribution >= 0.6 is 0 Å². The quantitative estimate of drug-likeness (QED) is 0.568. The van der Waals surface area contributed by atoms with Gasteiger partial charge in [0.05, 0.1) is 11.7 Å². The number of carbonyl (C=O) groups is 1. The van der Waals surface area contributed by atoms with E-state index in [0.29, 0.717) is 29.1 Å². The lowest BCUT2D eigenvalue weighted by Gasteiger charge is -2.50. The van der Waals surface area contributed by atoms with E-state index in [0.717, 1.165) is 49.7 Å². The van der Waals surface area contributed by atoms with Gasteiger partial charge in [-0.2, -0.15) is 0 Å². The third kappa shape index (κ3) is 2.96. The highest BCUT2D eigenvalue weighted by atomic mass is 16.5. The van der Waals surface area contributed by atoms with Crippen molar-refractivity contribution in [2.75, 3.05) is 0 Å². The molecule has 0 spiro atoms. The minimum Gasteiger partial charge on any atom is -0.508 e. The smallest absolute Gasteiger partial charge is 0.343 e. The fraction of sp³-hybridized carbons (Fsp3) is 0.480. The molecule has 3 aliphatic carbocycles. The van der Waals surface area contributed by atoms with Crippen LogP contribution in [0, 0.1) is 17.3 Å². The second kappa shape index (κ2) is 6.88. The van der Waals surface area contributed by atoms with E-state index in [9.17, 15) is 15.0 Å². The fourth-order valence-corrected chi connectivity index (χ4v) is 6.46. The molecule has 152 valence electrons. The number of aryl methyl sites for hydroxylation is 1. The molecule has 4 heteroatoms. The van der Waals surface area contributed by atoms with E-state index in [-0.39, 0.29) is 17.3 Å². The van der Waals surface area contributed by atoms with Gasteiger partial charge in [-0.25, -0.2) is 4.79 Å². The van der Waals surface area contributed by atoms with Crippen LogP contribution in [-0.2, 0) is 6.42 Å². The Bertz CT molecular complexity index is 937. The number of rotatable bonds is 2. The Hall–Kier alpha value is -2.33. The van der Waals surface area contributed by atoms with E-state index < -0.39 is 5.97 Å². The predicted octanol–water partition coefficient (Wildman–Crippen LogP) is 4.83. The largest absolute Gasteiger partial charge is 0.508 e. The van der Waals surface area contributed by atoms with Crippen LogP contribution in [0.15, 0.2) is 42.5 Å². The van der Waals surface area contributed by atoms with Gasteiger partial charge in [0.2, 0.25) is 0 Å². The van der Waals surface area contributed by atoms with Gasteiger partial charge in [-0.05, 0) is 85.5 Å². The summed E-state index contributed by atoms with van der Waals surface area (Å²) in [5, 5.41) is 20.9. The first kappa shape index (κ1) is 18.7. The fourth-order valence-electron chi connectivity index (χ4n) is 6.46.